The normalized spacial score (nSPS) is 23.5. The lowest BCUT2D eigenvalue weighted by Gasteiger charge is -2.44. The van der Waals surface area contributed by atoms with Gasteiger partial charge in [0.1, 0.15) is 5.82 Å². The second-order valence-electron chi connectivity index (χ2n) is 10.6. The molecule has 0 bridgehead atoms. The molecule has 1 atom stereocenters. The number of nitrogens with zero attached hydrogens (tertiary/aromatic N) is 3. The van der Waals surface area contributed by atoms with E-state index in [-0.39, 0.29) is 17.1 Å². The van der Waals surface area contributed by atoms with Crippen molar-refractivity contribution in [3.63, 3.8) is 0 Å². The highest BCUT2D eigenvalue weighted by atomic mass is 16.2. The van der Waals surface area contributed by atoms with Gasteiger partial charge in [0.15, 0.2) is 5.78 Å². The first kappa shape index (κ1) is 21.3. The zero-order valence-corrected chi connectivity index (χ0v) is 20.0. The number of allylic oxidation sites excluding steroid dienone is 5. The van der Waals surface area contributed by atoms with Crippen molar-refractivity contribution in [3.05, 3.63) is 64.7 Å². The van der Waals surface area contributed by atoms with Gasteiger partial charge in [-0.25, -0.2) is 4.98 Å². The Bertz CT molecular complexity index is 1350. The van der Waals surface area contributed by atoms with Crippen LogP contribution in [0.25, 0.3) is 11.0 Å². The van der Waals surface area contributed by atoms with Gasteiger partial charge in [0.25, 0.3) is 5.91 Å². The lowest BCUT2D eigenvalue weighted by molar-refractivity contribution is -0.117. The number of nitrogens with one attached hydrogen (secondary N) is 1. The van der Waals surface area contributed by atoms with Crippen LogP contribution in [0.4, 0.5) is 0 Å². The minimum atomic E-state index is -0.213. The summed E-state index contributed by atoms with van der Waals surface area (Å²) in [6.07, 6.45) is 9.31. The molecule has 3 heterocycles. The Morgan fingerprint density at radius 1 is 1.24 bits per heavy atom. The number of fused-ring (bicyclic) bond motifs is 4. The van der Waals surface area contributed by atoms with Crippen molar-refractivity contribution in [3.8, 4) is 0 Å². The number of carbonyl (C=O) groups excluding carboxylic acids is 2. The van der Waals surface area contributed by atoms with E-state index in [0.29, 0.717) is 36.9 Å². The number of aliphatic imine (C=N–C) groups is 1. The van der Waals surface area contributed by atoms with Crippen LogP contribution in [0, 0.1) is 24.2 Å². The van der Waals surface area contributed by atoms with E-state index in [2.05, 4.69) is 36.0 Å². The van der Waals surface area contributed by atoms with E-state index in [1.54, 1.807) is 6.08 Å². The van der Waals surface area contributed by atoms with Gasteiger partial charge in [-0.1, -0.05) is 26.0 Å². The van der Waals surface area contributed by atoms with Gasteiger partial charge in [-0.05, 0) is 61.4 Å². The Kier molecular flexibility index (Phi) is 4.77. The molecule has 0 radical (unpaired) electrons. The Morgan fingerprint density at radius 3 is 2.79 bits per heavy atom. The second-order valence-corrected chi connectivity index (χ2v) is 10.6. The van der Waals surface area contributed by atoms with Crippen molar-refractivity contribution in [1.82, 2.24) is 14.9 Å². The molecule has 34 heavy (non-hydrogen) atoms. The van der Waals surface area contributed by atoms with E-state index in [1.807, 2.05) is 30.0 Å². The first-order valence-corrected chi connectivity index (χ1v) is 12.3. The molecule has 1 amide bonds. The summed E-state index contributed by atoms with van der Waals surface area (Å²) in [5, 5.41) is 0. The van der Waals surface area contributed by atoms with Crippen LogP contribution in [0.5, 0.6) is 0 Å². The third-order valence-corrected chi connectivity index (χ3v) is 8.00. The maximum atomic E-state index is 13.3. The predicted octanol–water partition coefficient (Wildman–Crippen LogP) is 4.93. The summed E-state index contributed by atoms with van der Waals surface area (Å²) in [5.74, 6) is 1.82. The van der Waals surface area contributed by atoms with Gasteiger partial charge < -0.3 is 9.88 Å². The largest absolute Gasteiger partial charge is 0.342 e. The Balaban J connectivity index is 1.28. The molecule has 1 fully saturated rings. The lowest BCUT2D eigenvalue weighted by Crippen LogP contribution is -2.46. The van der Waals surface area contributed by atoms with Gasteiger partial charge in [-0.15, -0.1) is 0 Å². The molecule has 174 valence electrons. The highest BCUT2D eigenvalue weighted by Gasteiger charge is 2.48. The van der Waals surface area contributed by atoms with E-state index in [0.717, 1.165) is 47.5 Å². The van der Waals surface area contributed by atoms with Crippen molar-refractivity contribution < 1.29 is 9.59 Å². The number of rotatable bonds is 2. The van der Waals surface area contributed by atoms with E-state index < -0.39 is 0 Å². The summed E-state index contributed by atoms with van der Waals surface area (Å²) in [6, 6.07) is 5.66. The molecule has 0 saturated carbocycles. The summed E-state index contributed by atoms with van der Waals surface area (Å²) in [6.45, 7) is 7.67. The fraction of sp³-hybridized carbons (Fsp3) is 0.429. The number of carbonyl (C=O) groups is 2. The second kappa shape index (κ2) is 7.62. The van der Waals surface area contributed by atoms with Crippen molar-refractivity contribution >= 4 is 28.4 Å². The molecule has 1 unspecified atom stereocenters. The number of aromatic nitrogens is 2. The van der Waals surface area contributed by atoms with E-state index in [1.165, 1.54) is 11.1 Å². The molecule has 2 aliphatic heterocycles. The standard InChI is InChI=1S/C28H30N4O2/c1-16(2)20-5-4-6-21-25-24(31-26(20)21)14-19(33)15-28(25)9-11-32(12-10-28)27(34)18-7-8-22-23(13-18)30-17(3)29-22/h4-5,7-8,13-14,16,20H,6,9-12,15H2,1-3H3,(H,29,30). The molecule has 2 aromatic rings. The van der Waals surface area contributed by atoms with Crippen LogP contribution in [0.1, 0.15) is 55.7 Å². The van der Waals surface area contributed by atoms with Gasteiger partial charge in [-0.2, -0.15) is 0 Å². The number of hydrogen-bond donors (Lipinski definition) is 1. The molecule has 1 spiro atoms. The number of imidazole rings is 1. The number of piperidine rings is 1. The molecule has 6 nitrogen and oxygen atoms in total. The molecule has 1 N–H and O–H groups in total. The minimum absolute atomic E-state index is 0.0448. The fourth-order valence-corrected chi connectivity index (χ4v) is 6.32. The Labute approximate surface area is 199 Å². The molecule has 4 aliphatic rings. The molecule has 6 rings (SSSR count). The van der Waals surface area contributed by atoms with Gasteiger partial charge in [0.2, 0.25) is 0 Å². The van der Waals surface area contributed by atoms with Crippen LogP contribution in [0.15, 0.2) is 58.3 Å². The third kappa shape index (κ3) is 3.23. The van der Waals surface area contributed by atoms with Gasteiger partial charge in [-0.3, -0.25) is 14.6 Å². The first-order chi connectivity index (χ1) is 16.3. The average molecular weight is 455 g/mol. The predicted molar refractivity (Wildman–Crippen MR) is 133 cm³/mol. The van der Waals surface area contributed by atoms with Gasteiger partial charge in [0.05, 0.1) is 22.4 Å². The summed E-state index contributed by atoms with van der Waals surface area (Å²) < 4.78 is 0. The smallest absolute Gasteiger partial charge is 0.253 e. The minimum Gasteiger partial charge on any atom is -0.342 e. The molecule has 1 aromatic carbocycles. The van der Waals surface area contributed by atoms with Crippen molar-refractivity contribution in [2.45, 2.75) is 46.5 Å². The maximum absolute atomic E-state index is 13.3. The number of ketones is 1. The molecular formula is C28H30N4O2. The number of likely N-dealkylation sites (tertiary alicyclic amines) is 1. The summed E-state index contributed by atoms with van der Waals surface area (Å²) in [5.41, 5.74) is 6.90. The third-order valence-electron chi connectivity index (χ3n) is 8.00. The number of H-pyrrole nitrogens is 1. The van der Waals surface area contributed by atoms with Crippen molar-refractivity contribution in [1.29, 1.82) is 0 Å². The molecule has 6 heteroatoms. The lowest BCUT2D eigenvalue weighted by atomic mass is 9.63. The van der Waals surface area contributed by atoms with E-state index in [4.69, 9.17) is 4.99 Å². The number of aromatic amines is 1. The summed E-state index contributed by atoms with van der Waals surface area (Å²) >= 11 is 0. The highest BCUT2D eigenvalue weighted by Crippen LogP contribution is 2.53. The summed E-state index contributed by atoms with van der Waals surface area (Å²) in [7, 11) is 0. The maximum Gasteiger partial charge on any atom is 0.253 e. The molecule has 2 aliphatic carbocycles. The average Bonchev–Trinajstić information content (AvgIpc) is 3.37. The van der Waals surface area contributed by atoms with E-state index in [9.17, 15) is 9.59 Å². The summed E-state index contributed by atoms with van der Waals surface area (Å²) in [4.78, 5) is 40.7. The zero-order valence-electron chi connectivity index (χ0n) is 20.0. The Morgan fingerprint density at radius 2 is 2.03 bits per heavy atom. The van der Waals surface area contributed by atoms with Crippen LogP contribution in [-0.2, 0) is 4.79 Å². The van der Waals surface area contributed by atoms with Crippen molar-refractivity contribution in [2.75, 3.05) is 13.1 Å². The monoisotopic (exact) mass is 454 g/mol. The molecular weight excluding hydrogens is 424 g/mol. The van der Waals surface area contributed by atoms with Gasteiger partial charge >= 0.3 is 0 Å². The number of benzene rings is 1. The van der Waals surface area contributed by atoms with Crippen LogP contribution in [0.2, 0.25) is 0 Å². The zero-order chi connectivity index (χ0) is 23.6. The fourth-order valence-electron chi connectivity index (χ4n) is 6.32. The molecule has 1 saturated heterocycles. The SMILES string of the molecule is Cc1nc2ccc(C(=O)N3CCC4(CC3)CC(=O)C=C3N=C5C(=C34)CC=CC5C(C)C)cc2[nH]1. The highest BCUT2D eigenvalue weighted by molar-refractivity contribution is 6.10. The van der Waals surface area contributed by atoms with E-state index >= 15 is 0 Å². The van der Waals surface area contributed by atoms with Crippen LogP contribution in [0.3, 0.4) is 0 Å². The van der Waals surface area contributed by atoms with Gasteiger partial charge in [0, 0.05) is 42.5 Å². The Hall–Kier alpha value is -3.28. The van der Waals surface area contributed by atoms with Crippen LogP contribution in [-0.4, -0.2) is 45.4 Å². The molecule has 1 aromatic heterocycles. The van der Waals surface area contributed by atoms with Crippen LogP contribution >= 0.6 is 0 Å². The topological polar surface area (TPSA) is 78.4 Å². The number of hydrogen-bond acceptors (Lipinski definition) is 4. The van der Waals surface area contributed by atoms with Crippen molar-refractivity contribution in [2.24, 2.45) is 22.2 Å². The quantitative estimate of drug-likeness (QED) is 0.653. The number of amides is 1. The van der Waals surface area contributed by atoms with Crippen LogP contribution < -0.4 is 0 Å². The number of aryl methyl sites for hydroxylation is 1. The first-order valence-electron chi connectivity index (χ1n) is 12.3.